The van der Waals surface area contributed by atoms with Crippen LogP contribution in [0.2, 0.25) is 0 Å². The molecule has 1 aromatic carbocycles. The molecule has 3 N–H and O–H groups in total. The first kappa shape index (κ1) is 19.6. The maximum absolute atomic E-state index is 12.5. The van der Waals surface area contributed by atoms with Gasteiger partial charge in [0.2, 0.25) is 5.91 Å². The number of carbonyl (C=O) groups is 1. The highest BCUT2D eigenvalue weighted by Crippen LogP contribution is 2.39. The van der Waals surface area contributed by atoms with Crippen LogP contribution >= 0.6 is 0 Å². The molecule has 1 fully saturated rings. The van der Waals surface area contributed by atoms with Crippen LogP contribution in [-0.4, -0.2) is 27.8 Å². The van der Waals surface area contributed by atoms with Crippen molar-refractivity contribution in [2.75, 3.05) is 6.54 Å². The van der Waals surface area contributed by atoms with Crippen LogP contribution in [0.4, 0.5) is 0 Å². The lowest BCUT2D eigenvalue weighted by atomic mass is 9.95. The van der Waals surface area contributed by atoms with E-state index in [1.165, 1.54) is 16.7 Å². The minimum Gasteiger partial charge on any atom is -0.349 e. The second-order valence-electron chi connectivity index (χ2n) is 8.24. The van der Waals surface area contributed by atoms with Crippen LogP contribution in [0.3, 0.4) is 0 Å². The molecule has 1 atom stereocenters. The lowest BCUT2D eigenvalue weighted by Gasteiger charge is -2.29. The molecule has 1 aliphatic rings. The molecule has 0 aliphatic heterocycles. The quantitative estimate of drug-likeness (QED) is 0.752. The largest absolute Gasteiger partial charge is 0.349 e. The Morgan fingerprint density at radius 2 is 1.93 bits per heavy atom. The molecule has 1 saturated carbocycles. The Balaban J connectivity index is 1.62. The number of carbonyl (C=O) groups excluding carboxylic acids is 1. The van der Waals surface area contributed by atoms with E-state index in [4.69, 9.17) is 10.8 Å². The summed E-state index contributed by atoms with van der Waals surface area (Å²) in [5.74, 6) is 0.618. The van der Waals surface area contributed by atoms with Crippen LogP contribution in [0, 0.1) is 26.7 Å². The number of nitrogens with two attached hydrogens (primary N) is 1. The molecular weight excluding hydrogens is 336 g/mol. The topological polar surface area (TPSA) is 72.9 Å². The zero-order valence-corrected chi connectivity index (χ0v) is 17.0. The zero-order chi connectivity index (χ0) is 19.6. The smallest absolute Gasteiger partial charge is 0.220 e. The molecule has 1 aliphatic carbocycles. The molecule has 2 aromatic rings. The monoisotopic (exact) mass is 368 g/mol. The van der Waals surface area contributed by atoms with Gasteiger partial charge < -0.3 is 11.1 Å². The Labute approximate surface area is 162 Å². The van der Waals surface area contributed by atoms with Crippen molar-refractivity contribution in [3.8, 4) is 0 Å². The van der Waals surface area contributed by atoms with E-state index >= 15 is 0 Å². The molecular formula is C22H32N4O. The summed E-state index contributed by atoms with van der Waals surface area (Å²) in [6.45, 7) is 9.53. The third-order valence-electron chi connectivity index (χ3n) is 5.91. The van der Waals surface area contributed by atoms with Crippen LogP contribution in [0.25, 0.3) is 0 Å². The number of benzene rings is 1. The number of nitrogens with one attached hydrogen (secondary N) is 1. The SMILES string of the molecule is Cc1ccc(Cn2nc(C)c(CCC(=O)NC(C)(CN)C3CC3)c2C)cc1. The van der Waals surface area contributed by atoms with Gasteiger partial charge in [-0.2, -0.15) is 5.10 Å². The van der Waals surface area contributed by atoms with Gasteiger partial charge >= 0.3 is 0 Å². The van der Waals surface area contributed by atoms with Gasteiger partial charge in [-0.3, -0.25) is 9.48 Å². The molecule has 1 amide bonds. The molecule has 1 aromatic heterocycles. The molecule has 3 rings (SSSR count). The number of aryl methyl sites for hydroxylation is 2. The maximum atomic E-state index is 12.5. The number of nitrogens with zero attached hydrogens (tertiary/aromatic N) is 2. The summed E-state index contributed by atoms with van der Waals surface area (Å²) in [4.78, 5) is 12.5. The van der Waals surface area contributed by atoms with Crippen LogP contribution < -0.4 is 11.1 Å². The van der Waals surface area contributed by atoms with E-state index < -0.39 is 0 Å². The average molecular weight is 369 g/mol. The summed E-state index contributed by atoms with van der Waals surface area (Å²) in [6, 6.07) is 8.54. The second-order valence-corrected chi connectivity index (χ2v) is 8.24. The standard InChI is InChI=1S/C22H32N4O/c1-15-5-7-18(8-6-15)13-26-17(3)20(16(2)25-26)11-12-21(27)24-22(4,14-23)19-9-10-19/h5-8,19H,9-14,23H2,1-4H3,(H,24,27). The van der Waals surface area contributed by atoms with E-state index in [0.29, 0.717) is 25.3 Å². The fourth-order valence-corrected chi connectivity index (χ4v) is 3.78. The molecule has 5 heteroatoms. The average Bonchev–Trinajstić information content (AvgIpc) is 3.45. The summed E-state index contributed by atoms with van der Waals surface area (Å²) in [6.07, 6.45) is 3.51. The van der Waals surface area contributed by atoms with E-state index in [2.05, 4.69) is 50.4 Å². The predicted octanol–water partition coefficient (Wildman–Crippen LogP) is 3.03. The van der Waals surface area contributed by atoms with Crippen LogP contribution in [0.15, 0.2) is 24.3 Å². The fourth-order valence-electron chi connectivity index (χ4n) is 3.78. The fraction of sp³-hybridized carbons (Fsp3) is 0.545. The van der Waals surface area contributed by atoms with Gasteiger partial charge in [0.1, 0.15) is 0 Å². The van der Waals surface area contributed by atoms with E-state index in [9.17, 15) is 4.79 Å². The van der Waals surface area contributed by atoms with Crippen molar-refractivity contribution in [3.63, 3.8) is 0 Å². The number of hydrogen-bond acceptors (Lipinski definition) is 3. The molecule has 1 unspecified atom stereocenters. The molecule has 0 saturated heterocycles. The Morgan fingerprint density at radius 1 is 1.26 bits per heavy atom. The summed E-state index contributed by atoms with van der Waals surface area (Å²) >= 11 is 0. The number of hydrogen-bond donors (Lipinski definition) is 2. The lowest BCUT2D eigenvalue weighted by Crippen LogP contribution is -2.53. The van der Waals surface area contributed by atoms with Crippen molar-refractivity contribution in [1.82, 2.24) is 15.1 Å². The van der Waals surface area contributed by atoms with Gasteiger partial charge in [-0.1, -0.05) is 29.8 Å². The molecule has 146 valence electrons. The minimum atomic E-state index is -0.253. The van der Waals surface area contributed by atoms with Gasteiger partial charge in [-0.15, -0.1) is 0 Å². The first-order valence-corrected chi connectivity index (χ1v) is 9.92. The van der Waals surface area contributed by atoms with E-state index in [-0.39, 0.29) is 11.4 Å². The van der Waals surface area contributed by atoms with Gasteiger partial charge in [0.15, 0.2) is 0 Å². The summed E-state index contributed by atoms with van der Waals surface area (Å²) in [5, 5.41) is 7.87. The molecule has 27 heavy (non-hydrogen) atoms. The minimum absolute atomic E-state index is 0.0833. The van der Waals surface area contributed by atoms with Gasteiger partial charge in [0.25, 0.3) is 0 Å². The molecule has 1 heterocycles. The van der Waals surface area contributed by atoms with Crippen LogP contribution in [-0.2, 0) is 17.8 Å². The third-order valence-corrected chi connectivity index (χ3v) is 5.91. The van der Waals surface area contributed by atoms with Crippen molar-refractivity contribution >= 4 is 5.91 Å². The van der Waals surface area contributed by atoms with Gasteiger partial charge in [0, 0.05) is 18.7 Å². The lowest BCUT2D eigenvalue weighted by molar-refractivity contribution is -0.123. The zero-order valence-electron chi connectivity index (χ0n) is 17.0. The van der Waals surface area contributed by atoms with Crippen LogP contribution in [0.1, 0.15) is 54.3 Å². The van der Waals surface area contributed by atoms with Crippen LogP contribution in [0.5, 0.6) is 0 Å². The molecule has 0 bridgehead atoms. The second kappa shape index (κ2) is 7.85. The third kappa shape index (κ3) is 4.59. The van der Waals surface area contributed by atoms with Crippen molar-refractivity contribution < 1.29 is 4.79 Å². The van der Waals surface area contributed by atoms with E-state index in [1.807, 2.05) is 11.6 Å². The highest BCUT2D eigenvalue weighted by atomic mass is 16.1. The first-order valence-electron chi connectivity index (χ1n) is 9.92. The molecule has 0 spiro atoms. The Hall–Kier alpha value is -2.14. The number of aromatic nitrogens is 2. The van der Waals surface area contributed by atoms with Crippen molar-refractivity contribution in [1.29, 1.82) is 0 Å². The van der Waals surface area contributed by atoms with Crippen molar-refractivity contribution in [3.05, 3.63) is 52.3 Å². The number of amides is 1. The highest BCUT2D eigenvalue weighted by Gasteiger charge is 2.41. The Bertz CT molecular complexity index is 804. The van der Waals surface area contributed by atoms with Gasteiger partial charge in [-0.25, -0.2) is 0 Å². The van der Waals surface area contributed by atoms with E-state index in [1.54, 1.807) is 0 Å². The van der Waals surface area contributed by atoms with E-state index in [0.717, 1.165) is 30.8 Å². The van der Waals surface area contributed by atoms with Gasteiger partial charge in [-0.05, 0) is 64.0 Å². The highest BCUT2D eigenvalue weighted by molar-refractivity contribution is 5.77. The normalized spacial score (nSPS) is 16.2. The van der Waals surface area contributed by atoms with Crippen molar-refractivity contribution in [2.24, 2.45) is 11.7 Å². The Morgan fingerprint density at radius 3 is 2.52 bits per heavy atom. The number of rotatable bonds is 8. The predicted molar refractivity (Wildman–Crippen MR) is 109 cm³/mol. The maximum Gasteiger partial charge on any atom is 0.220 e. The molecule has 5 nitrogen and oxygen atoms in total. The summed E-state index contributed by atoms with van der Waals surface area (Å²) < 4.78 is 2.04. The van der Waals surface area contributed by atoms with Gasteiger partial charge in [0.05, 0.1) is 17.8 Å². The molecule has 0 radical (unpaired) electrons. The summed E-state index contributed by atoms with van der Waals surface area (Å²) in [5.41, 5.74) is 11.5. The first-order chi connectivity index (χ1) is 12.8. The van der Waals surface area contributed by atoms with Crippen molar-refractivity contribution in [2.45, 2.75) is 65.5 Å². The summed E-state index contributed by atoms with van der Waals surface area (Å²) in [7, 11) is 0. The Kier molecular flexibility index (Phi) is 5.70.